The quantitative estimate of drug-likeness (QED) is 0.382. The third kappa shape index (κ3) is 5.12. The number of aryl methyl sites for hydroxylation is 2. The van der Waals surface area contributed by atoms with Crippen LogP contribution in [0.1, 0.15) is 31.0 Å². The molecule has 0 bridgehead atoms. The minimum absolute atomic E-state index is 0.270. The second-order valence-electron chi connectivity index (χ2n) is 6.95. The van der Waals surface area contributed by atoms with E-state index in [0.717, 1.165) is 11.8 Å². The van der Waals surface area contributed by atoms with Crippen LogP contribution in [0.25, 0.3) is 22.9 Å². The summed E-state index contributed by atoms with van der Waals surface area (Å²) in [5, 5.41) is 5.36. The molecule has 0 saturated carbocycles. The van der Waals surface area contributed by atoms with Gasteiger partial charge in [0, 0.05) is 42.9 Å². The summed E-state index contributed by atoms with van der Waals surface area (Å²) in [5.74, 6) is 0.403. The van der Waals surface area contributed by atoms with Crippen molar-refractivity contribution in [1.82, 2.24) is 28.8 Å². The lowest BCUT2D eigenvalue weighted by Crippen LogP contribution is -2.39. The van der Waals surface area contributed by atoms with Crippen LogP contribution in [0.2, 0.25) is 0 Å². The molecule has 0 fully saturated rings. The van der Waals surface area contributed by atoms with Gasteiger partial charge in [-0.2, -0.15) is 23.2 Å². The van der Waals surface area contributed by atoms with Crippen LogP contribution in [0.5, 0.6) is 5.88 Å². The molecular weight excluding hydrogens is 420 g/mol. The summed E-state index contributed by atoms with van der Waals surface area (Å²) in [4.78, 5) is 16.7. The minimum atomic E-state index is -3.90. The Hall–Kier alpha value is -3.18. The number of hydrogen-bond donors (Lipinski definition) is 2. The molecule has 0 aliphatic heterocycles. The lowest BCUT2D eigenvalue weighted by Gasteiger charge is -2.08. The Kier molecular flexibility index (Phi) is 6.76. The topological polar surface area (TPSA) is 120 Å². The van der Waals surface area contributed by atoms with Gasteiger partial charge in [0.25, 0.3) is 5.91 Å². The highest BCUT2D eigenvalue weighted by atomic mass is 32.2. The Morgan fingerprint density at radius 1 is 1.29 bits per heavy atom. The molecule has 0 aliphatic rings. The fourth-order valence-electron chi connectivity index (χ4n) is 3.16. The van der Waals surface area contributed by atoms with Gasteiger partial charge in [-0.1, -0.05) is 13.3 Å². The Balaban J connectivity index is 1.90. The van der Waals surface area contributed by atoms with E-state index in [9.17, 15) is 13.2 Å². The summed E-state index contributed by atoms with van der Waals surface area (Å²) in [5.41, 5.74) is 2.01. The molecule has 3 aromatic rings. The number of nitrogens with one attached hydrogen (secondary N) is 2. The Morgan fingerprint density at radius 2 is 2.06 bits per heavy atom. The maximum absolute atomic E-state index is 12.2. The molecule has 11 heteroatoms. The number of pyridine rings is 1. The standard InChI is InChI=1S/C20H26N6O4S/c1-5-6-12-21-31(28,29)24-17(27)9-8-16-14(2)23-25(3)20(16)26-13-11-15-7-10-18(30-4)22-19(15)26/h7-11,13,21H,5-6,12H2,1-4H3,(H,24,27)/b9-8+. The van der Waals surface area contributed by atoms with E-state index >= 15 is 0 Å². The number of unbranched alkanes of at least 4 members (excludes halogenated alkanes) is 1. The lowest BCUT2D eigenvalue weighted by atomic mass is 10.2. The van der Waals surface area contributed by atoms with Crippen molar-refractivity contribution in [1.29, 1.82) is 0 Å². The summed E-state index contributed by atoms with van der Waals surface area (Å²) in [7, 11) is -0.568. The molecular formula is C20H26N6O4S. The first-order chi connectivity index (χ1) is 14.8. The molecule has 166 valence electrons. The zero-order valence-electron chi connectivity index (χ0n) is 17.9. The third-order valence-corrected chi connectivity index (χ3v) is 5.70. The average molecular weight is 447 g/mol. The van der Waals surface area contributed by atoms with Crippen LogP contribution in [-0.4, -0.2) is 47.3 Å². The lowest BCUT2D eigenvalue weighted by molar-refractivity contribution is -0.114. The van der Waals surface area contributed by atoms with Crippen molar-refractivity contribution >= 4 is 33.2 Å². The van der Waals surface area contributed by atoms with Crippen molar-refractivity contribution in [2.45, 2.75) is 26.7 Å². The van der Waals surface area contributed by atoms with Crippen LogP contribution in [0.15, 0.2) is 30.5 Å². The van der Waals surface area contributed by atoms with Gasteiger partial charge in [-0.05, 0) is 31.6 Å². The number of ether oxygens (including phenoxy) is 1. The second kappa shape index (κ2) is 9.31. The molecule has 0 unspecified atom stereocenters. The monoisotopic (exact) mass is 446 g/mol. The van der Waals surface area contributed by atoms with E-state index in [1.807, 2.05) is 41.5 Å². The van der Waals surface area contributed by atoms with Crippen molar-refractivity contribution < 1.29 is 17.9 Å². The highest BCUT2D eigenvalue weighted by Crippen LogP contribution is 2.25. The predicted molar refractivity (Wildman–Crippen MR) is 118 cm³/mol. The number of nitrogens with zero attached hydrogens (tertiary/aromatic N) is 4. The zero-order chi connectivity index (χ0) is 22.6. The van der Waals surface area contributed by atoms with Crippen molar-refractivity contribution in [3.8, 4) is 11.7 Å². The maximum atomic E-state index is 12.2. The zero-order valence-corrected chi connectivity index (χ0v) is 18.7. The number of rotatable bonds is 9. The summed E-state index contributed by atoms with van der Waals surface area (Å²) in [6.45, 7) is 4.03. The summed E-state index contributed by atoms with van der Waals surface area (Å²) in [6.07, 6.45) is 6.10. The van der Waals surface area contributed by atoms with Gasteiger partial charge in [0.1, 0.15) is 11.5 Å². The van der Waals surface area contributed by atoms with E-state index in [1.54, 1.807) is 31.0 Å². The molecule has 3 heterocycles. The van der Waals surface area contributed by atoms with E-state index in [0.29, 0.717) is 35.0 Å². The maximum Gasteiger partial charge on any atom is 0.301 e. The highest BCUT2D eigenvalue weighted by molar-refractivity contribution is 7.88. The molecule has 0 aliphatic carbocycles. The second-order valence-corrected chi connectivity index (χ2v) is 8.45. The normalized spacial score (nSPS) is 12.0. The van der Waals surface area contributed by atoms with Crippen molar-refractivity contribution in [2.24, 2.45) is 7.05 Å². The first-order valence-electron chi connectivity index (χ1n) is 9.81. The fourth-order valence-corrected chi connectivity index (χ4v) is 3.98. The van der Waals surface area contributed by atoms with Crippen LogP contribution in [0, 0.1) is 6.92 Å². The number of hydrogen-bond acceptors (Lipinski definition) is 6. The molecule has 0 atom stereocenters. The molecule has 1 amide bonds. The number of carbonyl (C=O) groups excluding carboxylic acids is 1. The first-order valence-corrected chi connectivity index (χ1v) is 11.3. The van der Waals surface area contributed by atoms with Gasteiger partial charge in [-0.15, -0.1) is 0 Å². The van der Waals surface area contributed by atoms with E-state index < -0.39 is 16.1 Å². The predicted octanol–water partition coefficient (Wildman–Crippen LogP) is 1.84. The minimum Gasteiger partial charge on any atom is -0.481 e. The summed E-state index contributed by atoms with van der Waals surface area (Å²) >= 11 is 0. The van der Waals surface area contributed by atoms with Crippen molar-refractivity contribution in [3.63, 3.8) is 0 Å². The average Bonchev–Trinajstić information content (AvgIpc) is 3.24. The molecule has 31 heavy (non-hydrogen) atoms. The van der Waals surface area contributed by atoms with Gasteiger partial charge >= 0.3 is 10.2 Å². The summed E-state index contributed by atoms with van der Waals surface area (Å²) in [6, 6.07) is 5.60. The van der Waals surface area contributed by atoms with Gasteiger partial charge in [0.2, 0.25) is 5.88 Å². The molecule has 10 nitrogen and oxygen atoms in total. The smallest absolute Gasteiger partial charge is 0.301 e. The van der Waals surface area contributed by atoms with Crippen LogP contribution >= 0.6 is 0 Å². The number of methoxy groups -OCH3 is 1. The number of fused-ring (bicyclic) bond motifs is 1. The van der Waals surface area contributed by atoms with E-state index in [2.05, 4.69) is 14.8 Å². The van der Waals surface area contributed by atoms with Crippen LogP contribution < -0.4 is 14.2 Å². The van der Waals surface area contributed by atoms with Crippen molar-refractivity contribution in [3.05, 3.63) is 41.7 Å². The first kappa shape index (κ1) is 22.5. The van der Waals surface area contributed by atoms with Crippen LogP contribution in [0.4, 0.5) is 0 Å². The Bertz CT molecular complexity index is 1230. The van der Waals surface area contributed by atoms with Gasteiger partial charge in [0.15, 0.2) is 0 Å². The Morgan fingerprint density at radius 3 is 2.77 bits per heavy atom. The van der Waals surface area contributed by atoms with Crippen molar-refractivity contribution in [2.75, 3.05) is 13.7 Å². The van der Waals surface area contributed by atoms with Gasteiger partial charge < -0.3 is 4.74 Å². The molecule has 0 saturated heterocycles. The summed E-state index contributed by atoms with van der Waals surface area (Å²) < 4.78 is 37.0. The number of aromatic nitrogens is 4. The number of amides is 1. The van der Waals surface area contributed by atoms with Crippen LogP contribution in [-0.2, 0) is 22.1 Å². The largest absolute Gasteiger partial charge is 0.481 e. The Labute approximate surface area is 181 Å². The molecule has 0 aromatic carbocycles. The van der Waals surface area contributed by atoms with Gasteiger partial charge in [-0.3, -0.25) is 14.0 Å². The highest BCUT2D eigenvalue weighted by Gasteiger charge is 2.17. The van der Waals surface area contributed by atoms with E-state index in [-0.39, 0.29) is 6.54 Å². The molecule has 3 rings (SSSR count). The van der Waals surface area contributed by atoms with E-state index in [4.69, 9.17) is 4.74 Å². The van der Waals surface area contributed by atoms with Gasteiger partial charge in [0.05, 0.1) is 12.8 Å². The molecule has 0 spiro atoms. The fraction of sp³-hybridized carbons (Fsp3) is 0.350. The SMILES string of the molecule is CCCCNS(=O)(=O)NC(=O)/C=C/c1c(C)nn(C)c1-n1ccc2ccc(OC)nc21. The van der Waals surface area contributed by atoms with Gasteiger partial charge in [-0.25, -0.2) is 4.72 Å². The van der Waals surface area contributed by atoms with Crippen LogP contribution in [0.3, 0.4) is 0 Å². The number of carbonyl (C=O) groups is 1. The molecule has 2 N–H and O–H groups in total. The third-order valence-electron chi connectivity index (χ3n) is 4.64. The van der Waals surface area contributed by atoms with E-state index in [1.165, 1.54) is 6.08 Å². The molecule has 3 aromatic heterocycles. The molecule has 0 radical (unpaired) electrons.